The molecule has 1 heterocycles. The summed E-state index contributed by atoms with van der Waals surface area (Å²) in [6, 6.07) is 19.6. The molecule has 1 aromatic heterocycles. The molecule has 0 aliphatic carbocycles. The number of aryl methyl sites for hydroxylation is 1. The molecule has 0 bridgehead atoms. The number of aromatic nitrogens is 2. The van der Waals surface area contributed by atoms with Crippen molar-refractivity contribution in [1.82, 2.24) is 9.97 Å². The highest BCUT2D eigenvalue weighted by atomic mass is 16.3. The van der Waals surface area contributed by atoms with Gasteiger partial charge in [-0.1, -0.05) is 60.7 Å². The second kappa shape index (κ2) is 5.94. The highest BCUT2D eigenvalue weighted by Gasteiger charge is 2.30. The lowest BCUT2D eigenvalue weighted by atomic mass is 9.82. The Bertz CT molecular complexity index is 623. The van der Waals surface area contributed by atoms with Crippen LogP contribution < -0.4 is 0 Å². The Morgan fingerprint density at radius 1 is 0.905 bits per heavy atom. The molecule has 0 spiro atoms. The molecule has 3 aromatic rings. The van der Waals surface area contributed by atoms with Gasteiger partial charge in [0, 0.05) is 11.9 Å². The van der Waals surface area contributed by atoms with E-state index >= 15 is 0 Å². The van der Waals surface area contributed by atoms with Crippen LogP contribution in [-0.4, -0.2) is 15.1 Å². The maximum atomic E-state index is 11.3. The molecule has 0 fully saturated rings. The van der Waals surface area contributed by atoms with E-state index in [1.165, 1.54) is 0 Å². The number of hydrogen-bond acceptors (Lipinski definition) is 2. The molecular formula is C18H18N2O. The summed E-state index contributed by atoms with van der Waals surface area (Å²) in [5.41, 5.74) is 1.86. The summed E-state index contributed by atoms with van der Waals surface area (Å²) in [6.07, 6.45) is 4.80. The Labute approximate surface area is 124 Å². The van der Waals surface area contributed by atoms with Crippen molar-refractivity contribution in [2.24, 2.45) is 0 Å². The van der Waals surface area contributed by atoms with Gasteiger partial charge in [-0.3, -0.25) is 0 Å². The van der Waals surface area contributed by atoms with E-state index in [4.69, 9.17) is 0 Å². The SMILES string of the molecule is OC(CCc1cnc[nH]1)(c1ccccc1)c1ccccc1. The maximum absolute atomic E-state index is 11.3. The number of imidazole rings is 1. The summed E-state index contributed by atoms with van der Waals surface area (Å²) >= 11 is 0. The van der Waals surface area contributed by atoms with Gasteiger partial charge in [-0.05, 0) is 24.0 Å². The average molecular weight is 278 g/mol. The lowest BCUT2D eigenvalue weighted by Gasteiger charge is -2.29. The van der Waals surface area contributed by atoms with E-state index in [1.807, 2.05) is 60.7 Å². The summed E-state index contributed by atoms with van der Waals surface area (Å²) in [5, 5.41) is 11.3. The van der Waals surface area contributed by atoms with Crippen molar-refractivity contribution < 1.29 is 5.11 Å². The van der Waals surface area contributed by atoms with E-state index in [0.717, 1.165) is 23.2 Å². The minimum Gasteiger partial charge on any atom is -0.380 e. The molecule has 3 heteroatoms. The summed E-state index contributed by atoms with van der Waals surface area (Å²) in [4.78, 5) is 7.12. The predicted molar refractivity (Wildman–Crippen MR) is 82.8 cm³/mol. The van der Waals surface area contributed by atoms with E-state index in [9.17, 15) is 5.11 Å². The van der Waals surface area contributed by atoms with Gasteiger partial charge in [0.15, 0.2) is 0 Å². The minimum atomic E-state index is -0.992. The summed E-state index contributed by atoms with van der Waals surface area (Å²) < 4.78 is 0. The molecular weight excluding hydrogens is 260 g/mol. The highest BCUT2D eigenvalue weighted by Crippen LogP contribution is 2.33. The summed E-state index contributed by atoms with van der Waals surface area (Å²) in [7, 11) is 0. The molecule has 2 aromatic carbocycles. The van der Waals surface area contributed by atoms with Gasteiger partial charge in [0.05, 0.1) is 6.33 Å². The van der Waals surface area contributed by atoms with E-state index < -0.39 is 5.60 Å². The second-order valence-electron chi connectivity index (χ2n) is 5.17. The second-order valence-corrected chi connectivity index (χ2v) is 5.17. The van der Waals surface area contributed by atoms with Crippen LogP contribution in [0.15, 0.2) is 73.2 Å². The zero-order chi connectivity index (χ0) is 14.5. The van der Waals surface area contributed by atoms with Crippen LogP contribution >= 0.6 is 0 Å². The Balaban J connectivity index is 1.95. The van der Waals surface area contributed by atoms with Crippen LogP contribution in [0.5, 0.6) is 0 Å². The maximum Gasteiger partial charge on any atom is 0.115 e. The van der Waals surface area contributed by atoms with Crippen LogP contribution in [0.2, 0.25) is 0 Å². The van der Waals surface area contributed by atoms with Crippen molar-refractivity contribution in [3.05, 3.63) is 90.0 Å². The number of hydrogen-bond donors (Lipinski definition) is 2. The fourth-order valence-corrected chi connectivity index (χ4v) is 2.62. The van der Waals surface area contributed by atoms with Gasteiger partial charge in [-0.25, -0.2) is 4.98 Å². The average Bonchev–Trinajstić information content (AvgIpc) is 3.08. The first-order valence-corrected chi connectivity index (χ1v) is 7.10. The molecule has 0 atom stereocenters. The molecule has 0 saturated heterocycles. The van der Waals surface area contributed by atoms with Crippen LogP contribution in [-0.2, 0) is 12.0 Å². The first-order valence-electron chi connectivity index (χ1n) is 7.10. The molecule has 3 rings (SSSR count). The molecule has 21 heavy (non-hydrogen) atoms. The van der Waals surface area contributed by atoms with Crippen LogP contribution in [0.25, 0.3) is 0 Å². The standard InChI is InChI=1S/C18H18N2O/c21-18(15-7-3-1-4-8-15,16-9-5-2-6-10-16)12-11-17-13-19-14-20-17/h1-10,13-14,21H,11-12H2,(H,19,20). The van der Waals surface area contributed by atoms with Crippen LogP contribution in [0.3, 0.4) is 0 Å². The molecule has 2 N–H and O–H groups in total. The smallest absolute Gasteiger partial charge is 0.115 e. The van der Waals surface area contributed by atoms with Gasteiger partial charge in [-0.2, -0.15) is 0 Å². The van der Waals surface area contributed by atoms with E-state index in [-0.39, 0.29) is 0 Å². The molecule has 0 aliphatic rings. The van der Waals surface area contributed by atoms with Gasteiger partial charge in [0.25, 0.3) is 0 Å². The zero-order valence-corrected chi connectivity index (χ0v) is 11.7. The fraction of sp³-hybridized carbons (Fsp3) is 0.167. The van der Waals surface area contributed by atoms with Gasteiger partial charge in [0.2, 0.25) is 0 Å². The van der Waals surface area contributed by atoms with Crippen LogP contribution in [0.4, 0.5) is 0 Å². The van der Waals surface area contributed by atoms with Crippen molar-refractivity contribution >= 4 is 0 Å². The van der Waals surface area contributed by atoms with Gasteiger partial charge in [0.1, 0.15) is 5.60 Å². The Morgan fingerprint density at radius 3 is 1.95 bits per heavy atom. The van der Waals surface area contributed by atoms with E-state index in [2.05, 4.69) is 9.97 Å². The Kier molecular flexibility index (Phi) is 3.84. The van der Waals surface area contributed by atoms with Crippen molar-refractivity contribution in [3.8, 4) is 0 Å². The number of aliphatic hydroxyl groups is 1. The van der Waals surface area contributed by atoms with E-state index in [1.54, 1.807) is 12.5 Å². The largest absolute Gasteiger partial charge is 0.380 e. The van der Waals surface area contributed by atoms with Crippen LogP contribution in [0, 0.1) is 0 Å². The first-order chi connectivity index (χ1) is 10.3. The molecule has 0 amide bonds. The van der Waals surface area contributed by atoms with Gasteiger partial charge in [-0.15, -0.1) is 0 Å². The lowest BCUT2D eigenvalue weighted by molar-refractivity contribution is 0.0711. The molecule has 0 unspecified atom stereocenters. The minimum absolute atomic E-state index is 0.600. The van der Waals surface area contributed by atoms with Gasteiger partial charge >= 0.3 is 0 Å². The molecule has 106 valence electrons. The van der Waals surface area contributed by atoms with Crippen LogP contribution in [0.1, 0.15) is 23.2 Å². The fourth-order valence-electron chi connectivity index (χ4n) is 2.62. The third kappa shape index (κ3) is 2.88. The summed E-state index contributed by atoms with van der Waals surface area (Å²) in [5.74, 6) is 0. The van der Waals surface area contributed by atoms with Gasteiger partial charge < -0.3 is 10.1 Å². The number of H-pyrrole nitrogens is 1. The normalized spacial score (nSPS) is 11.5. The molecule has 0 saturated carbocycles. The quantitative estimate of drug-likeness (QED) is 0.752. The van der Waals surface area contributed by atoms with E-state index in [0.29, 0.717) is 6.42 Å². The monoisotopic (exact) mass is 278 g/mol. The Morgan fingerprint density at radius 2 is 1.48 bits per heavy atom. The number of benzene rings is 2. The first kappa shape index (κ1) is 13.6. The Hall–Kier alpha value is -2.39. The van der Waals surface area contributed by atoms with Crippen molar-refractivity contribution in [3.63, 3.8) is 0 Å². The molecule has 0 radical (unpaired) electrons. The van der Waals surface area contributed by atoms with Crippen molar-refractivity contribution in [1.29, 1.82) is 0 Å². The van der Waals surface area contributed by atoms with Crippen molar-refractivity contribution in [2.75, 3.05) is 0 Å². The third-order valence-corrected chi connectivity index (χ3v) is 3.81. The lowest BCUT2D eigenvalue weighted by Crippen LogP contribution is -2.28. The number of rotatable bonds is 5. The molecule has 0 aliphatic heterocycles. The van der Waals surface area contributed by atoms with Crippen molar-refractivity contribution in [2.45, 2.75) is 18.4 Å². The molecule has 3 nitrogen and oxygen atoms in total. The zero-order valence-electron chi connectivity index (χ0n) is 11.7. The highest BCUT2D eigenvalue weighted by molar-refractivity contribution is 5.36. The summed E-state index contributed by atoms with van der Waals surface area (Å²) in [6.45, 7) is 0. The number of nitrogens with one attached hydrogen (secondary N) is 1. The number of nitrogens with zero attached hydrogens (tertiary/aromatic N) is 1. The predicted octanol–water partition coefficient (Wildman–Crippen LogP) is 3.28. The topological polar surface area (TPSA) is 48.9 Å². The third-order valence-electron chi connectivity index (χ3n) is 3.81. The number of aromatic amines is 1.